The number of hydrogen-bond donors (Lipinski definition) is 12. The fourth-order valence-corrected chi connectivity index (χ4v) is 11.0. The highest BCUT2D eigenvalue weighted by molar-refractivity contribution is 5.76. The number of hydrogen-bond acceptors (Lipinski definition) is 18. The minimum absolute atomic E-state index is 0.237. The van der Waals surface area contributed by atoms with Crippen molar-refractivity contribution in [3.63, 3.8) is 0 Å². The number of nitrogens with one attached hydrogen (secondary N) is 1. The first-order valence-corrected chi connectivity index (χ1v) is 34.6. The predicted molar refractivity (Wildman–Crippen MR) is 355 cm³/mol. The van der Waals surface area contributed by atoms with Gasteiger partial charge in [0.1, 0.15) is 73.2 Å². The highest BCUT2D eigenvalue weighted by atomic mass is 16.8. The average Bonchev–Trinajstić information content (AvgIpc) is 0.864. The molecule has 91 heavy (non-hydrogen) atoms. The Labute approximate surface area is 545 Å². The molecular weight excluding hydrogens is 1170 g/mol. The quantitative estimate of drug-likeness (QED) is 0.0200. The monoisotopic (exact) mass is 1290 g/mol. The zero-order chi connectivity index (χ0) is 66.1. The van der Waals surface area contributed by atoms with Crippen LogP contribution in [0.4, 0.5) is 0 Å². The zero-order valence-electron chi connectivity index (χ0n) is 55.0. The summed E-state index contributed by atoms with van der Waals surface area (Å²) < 4.78 is 34.1. The van der Waals surface area contributed by atoms with Crippen molar-refractivity contribution in [3.8, 4) is 0 Å². The van der Waals surface area contributed by atoms with Crippen LogP contribution in [0.2, 0.25) is 0 Å². The van der Waals surface area contributed by atoms with E-state index in [0.717, 1.165) is 96.3 Å². The molecule has 0 aromatic rings. The maximum absolute atomic E-state index is 13.2. The second-order valence-corrected chi connectivity index (χ2v) is 24.3. The van der Waals surface area contributed by atoms with E-state index < -0.39 is 124 Å². The smallest absolute Gasteiger partial charge is 0.220 e. The Kier molecular flexibility index (Phi) is 47.3. The van der Waals surface area contributed by atoms with Crippen molar-refractivity contribution in [3.05, 3.63) is 109 Å². The molecule has 0 aromatic carbocycles. The summed E-state index contributed by atoms with van der Waals surface area (Å²) in [6.07, 6.45) is 44.7. The van der Waals surface area contributed by atoms with Crippen LogP contribution in [0.1, 0.15) is 206 Å². The van der Waals surface area contributed by atoms with E-state index in [1.165, 1.54) is 83.5 Å². The van der Waals surface area contributed by atoms with Gasteiger partial charge in [0, 0.05) is 6.42 Å². The third-order valence-corrected chi connectivity index (χ3v) is 16.6. The third-order valence-electron chi connectivity index (χ3n) is 16.6. The fraction of sp³-hybridized carbons (Fsp3) is 0.736. The Hall–Kier alpha value is -3.55. The Balaban J connectivity index is 1.23. The molecule has 0 radical (unpaired) electrons. The van der Waals surface area contributed by atoms with Gasteiger partial charge < -0.3 is 89.9 Å². The standard InChI is InChI=1S/C72H121NO18/c1-3-5-7-9-10-11-12-13-14-15-16-17-18-19-20-21-22-23-24-25-26-27-28-29-30-31-32-33-34-35-36-37-38-39-40-41-42-43-44-46-48-50-60(78)73-55(56(77)49-47-45-8-6-4-2)54-86-70-66(84)63(81)68(58(52-75)88-70)91-72-67(85)64(82)69(59(53-76)89-72)90-71-65(83)62(80)61(79)57(51-74)87-71/h5,7,10-11,13-14,16-17,19-20,22-23,25-26,28-29,47,49,55-59,61-72,74-77,79-85H,3-4,6,8-9,12,15,18,21,24,27,30-46,48,50-54H2,1-2H3,(H,73,78)/b7-5-,11-10-,14-13-,17-16-,20-19-,23-22-,26-25-,29-28-,49-47+. The molecule has 17 unspecified atom stereocenters. The van der Waals surface area contributed by atoms with Crippen LogP contribution in [0, 0.1) is 0 Å². The van der Waals surface area contributed by atoms with E-state index in [-0.39, 0.29) is 18.9 Å². The average molecular weight is 1290 g/mol. The van der Waals surface area contributed by atoms with Gasteiger partial charge in [-0.25, -0.2) is 0 Å². The molecule has 3 saturated heterocycles. The van der Waals surface area contributed by atoms with Crippen molar-refractivity contribution in [2.24, 2.45) is 0 Å². The van der Waals surface area contributed by atoms with Crippen molar-refractivity contribution in [1.82, 2.24) is 5.32 Å². The largest absolute Gasteiger partial charge is 0.394 e. The number of rotatable bonds is 51. The number of unbranched alkanes of at least 4 members (excludes halogenated alkanes) is 19. The first-order valence-electron chi connectivity index (χ1n) is 34.6. The van der Waals surface area contributed by atoms with E-state index in [9.17, 15) is 61.0 Å². The second kappa shape index (κ2) is 52.7. The van der Waals surface area contributed by atoms with Crippen molar-refractivity contribution >= 4 is 5.91 Å². The lowest BCUT2D eigenvalue weighted by atomic mass is 9.96. The Morgan fingerprint density at radius 2 is 0.758 bits per heavy atom. The molecule has 0 spiro atoms. The third kappa shape index (κ3) is 34.6. The summed E-state index contributed by atoms with van der Waals surface area (Å²) in [4.78, 5) is 13.2. The maximum Gasteiger partial charge on any atom is 0.220 e. The summed E-state index contributed by atoms with van der Waals surface area (Å²) >= 11 is 0. The number of carbonyl (C=O) groups excluding carboxylic acids is 1. The minimum atomic E-state index is -1.98. The Morgan fingerprint density at radius 1 is 0.407 bits per heavy atom. The molecule has 12 N–H and O–H groups in total. The van der Waals surface area contributed by atoms with E-state index in [0.29, 0.717) is 6.42 Å². The van der Waals surface area contributed by atoms with Gasteiger partial charge in [-0.3, -0.25) is 4.79 Å². The van der Waals surface area contributed by atoms with Gasteiger partial charge in [-0.1, -0.05) is 226 Å². The molecule has 3 rings (SSSR count). The summed E-state index contributed by atoms with van der Waals surface area (Å²) in [5.74, 6) is -0.287. The summed E-state index contributed by atoms with van der Waals surface area (Å²) in [5.41, 5.74) is 0. The zero-order valence-corrected chi connectivity index (χ0v) is 55.0. The van der Waals surface area contributed by atoms with Crippen LogP contribution >= 0.6 is 0 Å². The fourth-order valence-electron chi connectivity index (χ4n) is 11.0. The number of amides is 1. The lowest BCUT2D eigenvalue weighted by Gasteiger charge is -2.48. The molecule has 0 bridgehead atoms. The molecule has 0 aliphatic carbocycles. The number of carbonyl (C=O) groups is 1. The van der Waals surface area contributed by atoms with Crippen LogP contribution in [0.5, 0.6) is 0 Å². The number of allylic oxidation sites excluding steroid dienone is 17. The van der Waals surface area contributed by atoms with Crippen LogP contribution < -0.4 is 5.32 Å². The van der Waals surface area contributed by atoms with Gasteiger partial charge in [0.2, 0.25) is 5.91 Å². The number of aliphatic hydroxyl groups is 11. The normalized spacial score (nSPS) is 28.6. The van der Waals surface area contributed by atoms with Gasteiger partial charge in [-0.15, -0.1) is 0 Å². The van der Waals surface area contributed by atoms with Gasteiger partial charge in [-0.2, -0.15) is 0 Å². The van der Waals surface area contributed by atoms with Gasteiger partial charge in [0.05, 0.1) is 38.6 Å². The van der Waals surface area contributed by atoms with Crippen LogP contribution in [-0.2, 0) is 33.2 Å². The molecule has 1 amide bonds. The lowest BCUT2D eigenvalue weighted by Crippen LogP contribution is -2.66. The van der Waals surface area contributed by atoms with Crippen LogP contribution in [0.25, 0.3) is 0 Å². The van der Waals surface area contributed by atoms with Crippen LogP contribution in [0.15, 0.2) is 109 Å². The van der Waals surface area contributed by atoms with E-state index in [2.05, 4.69) is 116 Å². The Morgan fingerprint density at radius 3 is 1.19 bits per heavy atom. The molecule has 3 heterocycles. The van der Waals surface area contributed by atoms with Crippen molar-refractivity contribution < 1.29 is 89.4 Å². The van der Waals surface area contributed by atoms with E-state index in [1.807, 2.05) is 6.08 Å². The number of aliphatic hydroxyl groups excluding tert-OH is 11. The molecule has 19 nitrogen and oxygen atoms in total. The molecular formula is C72H121NO18. The van der Waals surface area contributed by atoms with E-state index >= 15 is 0 Å². The molecule has 522 valence electrons. The molecule has 17 atom stereocenters. The Bertz CT molecular complexity index is 2070. The summed E-state index contributed by atoms with van der Waals surface area (Å²) in [7, 11) is 0. The molecule has 0 aromatic heterocycles. The highest BCUT2D eigenvalue weighted by Crippen LogP contribution is 2.33. The lowest BCUT2D eigenvalue weighted by molar-refractivity contribution is -0.379. The second-order valence-electron chi connectivity index (χ2n) is 24.3. The van der Waals surface area contributed by atoms with E-state index in [4.69, 9.17) is 28.4 Å². The SMILES string of the molecule is CC/C=C\C/C=C\C/C=C\C/C=C\C/C=C\C/C=C\C/C=C\C/C=C\CCCCCCCCCCCCCCCCCCC(=O)NC(COC1OC(CO)C(OC2OC(CO)C(OC3OC(CO)C(O)C(O)C3O)C(O)C2O)C(O)C1O)C(O)/C=C/CCCCC. The number of ether oxygens (including phenoxy) is 6. The van der Waals surface area contributed by atoms with Crippen LogP contribution in [-0.4, -0.2) is 193 Å². The summed E-state index contributed by atoms with van der Waals surface area (Å²) in [6.45, 7) is 1.46. The van der Waals surface area contributed by atoms with Gasteiger partial charge in [-0.05, 0) is 83.5 Å². The molecule has 3 fully saturated rings. The molecule has 3 aliphatic rings. The van der Waals surface area contributed by atoms with Crippen molar-refractivity contribution in [2.45, 2.75) is 311 Å². The first kappa shape index (κ1) is 81.7. The summed E-state index contributed by atoms with van der Waals surface area (Å²) in [6, 6.07) is -0.973. The van der Waals surface area contributed by atoms with Crippen molar-refractivity contribution in [1.29, 1.82) is 0 Å². The van der Waals surface area contributed by atoms with E-state index in [1.54, 1.807) is 6.08 Å². The topological polar surface area (TPSA) is 307 Å². The highest BCUT2D eigenvalue weighted by Gasteiger charge is 2.53. The molecule has 3 aliphatic heterocycles. The first-order chi connectivity index (χ1) is 44.3. The van der Waals surface area contributed by atoms with Gasteiger partial charge in [0.25, 0.3) is 0 Å². The van der Waals surface area contributed by atoms with Gasteiger partial charge in [0.15, 0.2) is 18.9 Å². The molecule has 19 heteroatoms. The van der Waals surface area contributed by atoms with Crippen LogP contribution in [0.3, 0.4) is 0 Å². The summed E-state index contributed by atoms with van der Waals surface area (Å²) in [5, 5.41) is 120. The van der Waals surface area contributed by atoms with Crippen molar-refractivity contribution in [2.75, 3.05) is 26.4 Å². The maximum atomic E-state index is 13.2. The van der Waals surface area contributed by atoms with Gasteiger partial charge >= 0.3 is 0 Å². The predicted octanol–water partition coefficient (Wildman–Crippen LogP) is 9.05. The minimum Gasteiger partial charge on any atom is -0.394 e. The molecule has 0 saturated carbocycles.